The fraction of sp³-hybridized carbons (Fsp3) is 0.636. The van der Waals surface area contributed by atoms with E-state index in [0.717, 1.165) is 12.8 Å². The van der Waals surface area contributed by atoms with Gasteiger partial charge in [0.05, 0.1) is 0 Å². The molecule has 0 aromatic carbocycles. The Morgan fingerprint density at radius 1 is 1.44 bits per heavy atom. The number of nitrogens with zero attached hydrogens (tertiary/aromatic N) is 2. The summed E-state index contributed by atoms with van der Waals surface area (Å²) in [5.41, 5.74) is 0. The highest BCUT2D eigenvalue weighted by Crippen LogP contribution is 2.17. The van der Waals surface area contributed by atoms with Crippen molar-refractivity contribution in [3.63, 3.8) is 0 Å². The average Bonchev–Trinajstić information content (AvgIpc) is 2.26. The predicted molar refractivity (Wildman–Crippen MR) is 60.2 cm³/mol. The minimum Gasteiger partial charge on any atom is -0.465 e. The maximum atomic E-state index is 11.7. The first kappa shape index (κ1) is 12.5. The fourth-order valence-corrected chi connectivity index (χ4v) is 1.74. The zero-order valence-corrected chi connectivity index (χ0v) is 9.72. The lowest BCUT2D eigenvalue weighted by Crippen LogP contribution is -2.41. The summed E-state index contributed by atoms with van der Waals surface area (Å²) in [7, 11) is 3.68. The van der Waals surface area contributed by atoms with Crippen LogP contribution in [0.1, 0.15) is 12.8 Å². The first-order valence-electron chi connectivity index (χ1n) is 5.37. The van der Waals surface area contributed by atoms with E-state index in [-0.39, 0.29) is 11.7 Å². The number of hydrogen-bond acceptors (Lipinski definition) is 3. The molecule has 1 rings (SSSR count). The maximum Gasteiger partial charge on any atom is 0.407 e. The van der Waals surface area contributed by atoms with Crippen molar-refractivity contribution in [1.29, 1.82) is 0 Å². The Labute approximate surface area is 95.3 Å². The summed E-state index contributed by atoms with van der Waals surface area (Å²) >= 11 is 0. The quantitative estimate of drug-likeness (QED) is 0.730. The lowest BCUT2D eigenvalue weighted by atomic mass is 9.94. The summed E-state index contributed by atoms with van der Waals surface area (Å²) in [6.45, 7) is 0.864. The minimum atomic E-state index is -0.936. The van der Waals surface area contributed by atoms with Gasteiger partial charge in [0.1, 0.15) is 0 Å². The van der Waals surface area contributed by atoms with Crippen LogP contribution in [0, 0.1) is 5.92 Å². The molecule has 0 spiro atoms. The van der Waals surface area contributed by atoms with Gasteiger partial charge in [-0.1, -0.05) is 0 Å². The number of amides is 1. The summed E-state index contributed by atoms with van der Waals surface area (Å²) in [5.74, 6) is -0.166. The average molecular weight is 226 g/mol. The van der Waals surface area contributed by atoms with Crippen LogP contribution in [0.3, 0.4) is 0 Å². The van der Waals surface area contributed by atoms with Crippen LogP contribution in [0.2, 0.25) is 0 Å². The van der Waals surface area contributed by atoms with Crippen molar-refractivity contribution in [2.75, 3.05) is 27.2 Å². The van der Waals surface area contributed by atoms with Crippen molar-refractivity contribution in [3.05, 3.63) is 12.3 Å². The molecule has 1 heterocycles. The number of ketones is 1. The number of rotatable bonds is 3. The van der Waals surface area contributed by atoms with Gasteiger partial charge in [0.15, 0.2) is 5.78 Å². The highest BCUT2D eigenvalue weighted by atomic mass is 16.4. The molecule has 0 bridgehead atoms. The Balaban J connectivity index is 2.53. The van der Waals surface area contributed by atoms with Crippen LogP contribution in [0.5, 0.6) is 0 Å². The van der Waals surface area contributed by atoms with E-state index >= 15 is 0 Å². The van der Waals surface area contributed by atoms with Crippen molar-refractivity contribution < 1.29 is 14.7 Å². The van der Waals surface area contributed by atoms with Crippen molar-refractivity contribution >= 4 is 11.9 Å². The molecule has 0 radical (unpaired) electrons. The number of likely N-dealkylation sites (tertiary alicyclic amines) is 1. The molecule has 1 unspecified atom stereocenters. The molecule has 1 fully saturated rings. The molecule has 16 heavy (non-hydrogen) atoms. The minimum absolute atomic E-state index is 0.0136. The van der Waals surface area contributed by atoms with Gasteiger partial charge < -0.3 is 14.9 Å². The molecule has 0 saturated carbocycles. The molecule has 1 aliphatic rings. The normalized spacial score (nSPS) is 21.1. The molecule has 1 aliphatic heterocycles. The first-order chi connectivity index (χ1) is 7.50. The Kier molecular flexibility index (Phi) is 4.34. The van der Waals surface area contributed by atoms with E-state index in [0.29, 0.717) is 13.1 Å². The molecule has 5 nitrogen and oxygen atoms in total. The van der Waals surface area contributed by atoms with Crippen LogP contribution >= 0.6 is 0 Å². The van der Waals surface area contributed by atoms with Crippen molar-refractivity contribution in [3.8, 4) is 0 Å². The monoisotopic (exact) mass is 226 g/mol. The highest BCUT2D eigenvalue weighted by molar-refractivity contribution is 5.92. The number of carboxylic acid groups (broad SMARTS) is 1. The third kappa shape index (κ3) is 3.56. The number of allylic oxidation sites excluding steroid dienone is 1. The van der Waals surface area contributed by atoms with Gasteiger partial charge in [-0.15, -0.1) is 0 Å². The van der Waals surface area contributed by atoms with Crippen molar-refractivity contribution in [2.45, 2.75) is 12.8 Å². The standard InChI is InChI=1S/C11H18N2O3/c1-12(2)7-5-10(14)9-4-3-6-13(8-9)11(15)16/h5,7,9H,3-4,6,8H2,1-2H3,(H,15,16). The van der Waals surface area contributed by atoms with Gasteiger partial charge in [-0.25, -0.2) is 4.79 Å². The number of hydrogen-bond donors (Lipinski definition) is 1. The van der Waals surface area contributed by atoms with Gasteiger partial charge in [0.25, 0.3) is 0 Å². The zero-order valence-electron chi connectivity index (χ0n) is 9.72. The van der Waals surface area contributed by atoms with Crippen LogP contribution in [0.25, 0.3) is 0 Å². The van der Waals surface area contributed by atoms with E-state index in [2.05, 4.69) is 0 Å². The van der Waals surface area contributed by atoms with E-state index in [1.807, 2.05) is 14.1 Å². The number of piperidine rings is 1. The molecule has 0 aromatic rings. The van der Waals surface area contributed by atoms with Gasteiger partial charge in [-0.2, -0.15) is 0 Å². The highest BCUT2D eigenvalue weighted by Gasteiger charge is 2.26. The molecule has 1 amide bonds. The van der Waals surface area contributed by atoms with Gasteiger partial charge in [0.2, 0.25) is 0 Å². The molecule has 1 atom stereocenters. The van der Waals surface area contributed by atoms with Crippen LogP contribution in [-0.2, 0) is 4.79 Å². The van der Waals surface area contributed by atoms with Gasteiger partial charge in [-0.05, 0) is 18.9 Å². The fourth-order valence-electron chi connectivity index (χ4n) is 1.74. The smallest absolute Gasteiger partial charge is 0.407 e. The molecular weight excluding hydrogens is 208 g/mol. The Bertz CT molecular complexity index is 300. The lowest BCUT2D eigenvalue weighted by molar-refractivity contribution is -0.119. The zero-order chi connectivity index (χ0) is 12.1. The number of carbonyl (C=O) groups is 2. The predicted octanol–water partition coefficient (Wildman–Crippen LogP) is 1.02. The Hall–Kier alpha value is -1.52. The third-order valence-electron chi connectivity index (χ3n) is 2.63. The van der Waals surface area contributed by atoms with Crippen molar-refractivity contribution in [1.82, 2.24) is 9.80 Å². The summed E-state index contributed by atoms with van der Waals surface area (Å²) in [4.78, 5) is 25.6. The SMILES string of the molecule is CN(C)C=CC(=O)C1CCCN(C(=O)O)C1. The van der Waals surface area contributed by atoms with Crippen LogP contribution < -0.4 is 0 Å². The lowest BCUT2D eigenvalue weighted by Gasteiger charge is -2.29. The summed E-state index contributed by atoms with van der Waals surface area (Å²) in [6.07, 6.45) is 3.82. The van der Waals surface area contributed by atoms with Crippen molar-refractivity contribution in [2.24, 2.45) is 5.92 Å². The Morgan fingerprint density at radius 3 is 2.69 bits per heavy atom. The second kappa shape index (κ2) is 5.53. The molecule has 90 valence electrons. The van der Waals surface area contributed by atoms with Crippen LogP contribution in [-0.4, -0.2) is 54.0 Å². The third-order valence-corrected chi connectivity index (χ3v) is 2.63. The molecule has 1 saturated heterocycles. The topological polar surface area (TPSA) is 60.9 Å². The van der Waals surface area contributed by atoms with E-state index < -0.39 is 6.09 Å². The molecule has 0 aliphatic carbocycles. The molecule has 1 N–H and O–H groups in total. The largest absolute Gasteiger partial charge is 0.465 e. The van der Waals surface area contributed by atoms with Crippen LogP contribution in [0.4, 0.5) is 4.79 Å². The Morgan fingerprint density at radius 2 is 2.12 bits per heavy atom. The summed E-state index contributed by atoms with van der Waals surface area (Å²) in [6, 6.07) is 0. The van der Waals surface area contributed by atoms with E-state index in [4.69, 9.17) is 5.11 Å². The molecular formula is C11H18N2O3. The maximum absolute atomic E-state index is 11.7. The molecule has 5 heteroatoms. The van der Waals surface area contributed by atoms with E-state index in [9.17, 15) is 9.59 Å². The summed E-state index contributed by atoms with van der Waals surface area (Å²) in [5, 5.41) is 8.84. The van der Waals surface area contributed by atoms with Crippen LogP contribution in [0.15, 0.2) is 12.3 Å². The van der Waals surface area contributed by atoms with E-state index in [1.165, 1.54) is 11.0 Å². The first-order valence-corrected chi connectivity index (χ1v) is 5.37. The molecule has 0 aromatic heterocycles. The van der Waals surface area contributed by atoms with E-state index in [1.54, 1.807) is 11.1 Å². The van der Waals surface area contributed by atoms with Gasteiger partial charge in [-0.3, -0.25) is 4.79 Å². The second-order valence-corrected chi connectivity index (χ2v) is 4.25. The number of carbonyl (C=O) groups excluding carboxylic acids is 1. The van der Waals surface area contributed by atoms with Gasteiger partial charge >= 0.3 is 6.09 Å². The second-order valence-electron chi connectivity index (χ2n) is 4.25. The summed E-state index contributed by atoms with van der Waals surface area (Å²) < 4.78 is 0. The van der Waals surface area contributed by atoms with Gasteiger partial charge in [0, 0.05) is 39.3 Å².